The first-order chi connectivity index (χ1) is 16.4. The van der Waals surface area contributed by atoms with Gasteiger partial charge in [-0.05, 0) is 50.1 Å². The molecule has 0 fully saturated rings. The summed E-state index contributed by atoms with van der Waals surface area (Å²) in [5, 5.41) is 7.71. The lowest BCUT2D eigenvalue weighted by Crippen LogP contribution is -2.14. The molecule has 0 spiro atoms. The Bertz CT molecular complexity index is 1350. The molecule has 8 nitrogen and oxygen atoms in total. The number of nitrogens with zero attached hydrogens (tertiary/aromatic N) is 3. The summed E-state index contributed by atoms with van der Waals surface area (Å²) in [4.78, 5) is 17.3. The molecule has 2 aromatic carbocycles. The average Bonchev–Trinajstić information content (AvgIpc) is 3.27. The van der Waals surface area contributed by atoms with E-state index in [2.05, 4.69) is 5.32 Å². The number of hydrogen-bond acceptors (Lipinski definition) is 6. The lowest BCUT2D eigenvalue weighted by molar-refractivity contribution is -0.116. The zero-order valence-corrected chi connectivity index (χ0v) is 20.0. The molecule has 4 aromatic rings. The van der Waals surface area contributed by atoms with Gasteiger partial charge in [-0.3, -0.25) is 4.79 Å². The fraction of sp³-hybridized carbons (Fsp3) is 0.269. The van der Waals surface area contributed by atoms with Gasteiger partial charge in [-0.15, -0.1) is 0 Å². The molecule has 0 radical (unpaired) electrons. The lowest BCUT2D eigenvalue weighted by atomic mass is 10.1. The number of benzene rings is 2. The Morgan fingerprint density at radius 3 is 2.47 bits per heavy atom. The number of amides is 1. The molecule has 0 bridgehead atoms. The van der Waals surface area contributed by atoms with Crippen LogP contribution in [-0.2, 0) is 11.2 Å². The number of methoxy groups -OCH3 is 3. The fourth-order valence-corrected chi connectivity index (χ4v) is 3.99. The van der Waals surface area contributed by atoms with Crippen LogP contribution in [0.3, 0.4) is 0 Å². The molecule has 1 N–H and O–H groups in total. The van der Waals surface area contributed by atoms with Crippen molar-refractivity contribution in [2.45, 2.75) is 26.7 Å². The van der Waals surface area contributed by atoms with E-state index in [0.29, 0.717) is 35.8 Å². The largest absolute Gasteiger partial charge is 0.497 e. The van der Waals surface area contributed by atoms with Gasteiger partial charge in [0.1, 0.15) is 17.2 Å². The maximum atomic E-state index is 12.6. The van der Waals surface area contributed by atoms with E-state index in [1.807, 2.05) is 60.8 Å². The maximum Gasteiger partial charge on any atom is 0.224 e. The number of hydrogen-bond donors (Lipinski definition) is 1. The molecule has 0 saturated carbocycles. The summed E-state index contributed by atoms with van der Waals surface area (Å²) < 4.78 is 17.9. The highest BCUT2D eigenvalue weighted by Crippen LogP contribution is 2.33. The number of rotatable bonds is 8. The molecule has 0 unspecified atom stereocenters. The van der Waals surface area contributed by atoms with Gasteiger partial charge in [0.15, 0.2) is 5.65 Å². The predicted molar refractivity (Wildman–Crippen MR) is 131 cm³/mol. The highest BCUT2D eigenvalue weighted by atomic mass is 16.5. The second-order valence-corrected chi connectivity index (χ2v) is 7.91. The minimum absolute atomic E-state index is 0.0729. The number of carbonyl (C=O) groups is 1. The van der Waals surface area contributed by atoms with Crippen LogP contribution in [-0.4, -0.2) is 41.8 Å². The van der Waals surface area contributed by atoms with Crippen LogP contribution in [0.2, 0.25) is 0 Å². The van der Waals surface area contributed by atoms with Crippen LogP contribution in [0.4, 0.5) is 5.69 Å². The first-order valence-electron chi connectivity index (χ1n) is 11.0. The van der Waals surface area contributed by atoms with E-state index in [1.54, 1.807) is 27.4 Å². The smallest absolute Gasteiger partial charge is 0.224 e. The summed E-state index contributed by atoms with van der Waals surface area (Å²) in [6, 6.07) is 14.9. The fourth-order valence-electron chi connectivity index (χ4n) is 3.99. The van der Waals surface area contributed by atoms with Gasteiger partial charge in [0.2, 0.25) is 5.91 Å². The molecule has 4 rings (SSSR count). The van der Waals surface area contributed by atoms with Crippen molar-refractivity contribution in [1.82, 2.24) is 14.6 Å². The predicted octanol–water partition coefficient (Wildman–Crippen LogP) is 4.61. The Labute approximate surface area is 198 Å². The summed E-state index contributed by atoms with van der Waals surface area (Å²) in [7, 11) is 4.84. The first-order valence-corrected chi connectivity index (χ1v) is 11.0. The second kappa shape index (κ2) is 9.82. The molecule has 34 heavy (non-hydrogen) atoms. The monoisotopic (exact) mass is 460 g/mol. The quantitative estimate of drug-likeness (QED) is 0.413. The van der Waals surface area contributed by atoms with Crippen molar-refractivity contribution in [1.29, 1.82) is 0 Å². The van der Waals surface area contributed by atoms with Gasteiger partial charge in [-0.1, -0.05) is 6.07 Å². The van der Waals surface area contributed by atoms with E-state index in [4.69, 9.17) is 24.3 Å². The molecule has 8 heteroatoms. The Morgan fingerprint density at radius 1 is 0.971 bits per heavy atom. The van der Waals surface area contributed by atoms with Gasteiger partial charge in [0, 0.05) is 47.3 Å². The molecular weight excluding hydrogens is 432 g/mol. The van der Waals surface area contributed by atoms with Crippen LogP contribution < -0.4 is 19.5 Å². The van der Waals surface area contributed by atoms with Crippen molar-refractivity contribution in [3.63, 3.8) is 0 Å². The molecule has 2 aromatic heterocycles. The van der Waals surface area contributed by atoms with E-state index in [9.17, 15) is 4.79 Å². The average molecular weight is 461 g/mol. The summed E-state index contributed by atoms with van der Waals surface area (Å²) >= 11 is 0. The van der Waals surface area contributed by atoms with Crippen molar-refractivity contribution in [2.24, 2.45) is 0 Å². The zero-order valence-electron chi connectivity index (χ0n) is 20.0. The van der Waals surface area contributed by atoms with E-state index in [0.717, 1.165) is 33.9 Å². The summed E-state index contributed by atoms with van der Waals surface area (Å²) in [6.45, 7) is 3.96. The number of ether oxygens (including phenoxy) is 3. The third-order valence-electron chi connectivity index (χ3n) is 5.80. The van der Waals surface area contributed by atoms with Crippen molar-refractivity contribution in [3.8, 4) is 28.5 Å². The van der Waals surface area contributed by atoms with Crippen LogP contribution in [0.5, 0.6) is 17.2 Å². The van der Waals surface area contributed by atoms with Crippen molar-refractivity contribution >= 4 is 17.2 Å². The summed E-state index contributed by atoms with van der Waals surface area (Å²) in [5.74, 6) is 2.01. The van der Waals surface area contributed by atoms with Gasteiger partial charge in [0.25, 0.3) is 0 Å². The Kier molecular flexibility index (Phi) is 6.67. The summed E-state index contributed by atoms with van der Waals surface area (Å²) in [5.41, 5.74) is 5.89. The zero-order chi connectivity index (χ0) is 24.2. The van der Waals surface area contributed by atoms with Gasteiger partial charge in [0.05, 0.1) is 27.0 Å². The number of fused-ring (bicyclic) bond motifs is 1. The molecule has 1 amide bonds. The van der Waals surface area contributed by atoms with Gasteiger partial charge in [-0.25, -0.2) is 9.50 Å². The minimum Gasteiger partial charge on any atom is -0.497 e. The van der Waals surface area contributed by atoms with E-state index in [1.165, 1.54) is 0 Å². The second-order valence-electron chi connectivity index (χ2n) is 7.91. The normalized spacial score (nSPS) is 10.9. The van der Waals surface area contributed by atoms with E-state index >= 15 is 0 Å². The van der Waals surface area contributed by atoms with Crippen molar-refractivity contribution < 1.29 is 19.0 Å². The third kappa shape index (κ3) is 4.66. The number of anilines is 1. The first kappa shape index (κ1) is 23.1. The number of carbonyl (C=O) groups excluding carboxylic acids is 1. The molecule has 176 valence electrons. The Hall–Kier alpha value is -4.07. The molecule has 2 heterocycles. The van der Waals surface area contributed by atoms with Crippen LogP contribution >= 0.6 is 0 Å². The van der Waals surface area contributed by atoms with Crippen molar-refractivity contribution in [3.05, 3.63) is 65.5 Å². The maximum absolute atomic E-state index is 12.6. The van der Waals surface area contributed by atoms with Gasteiger partial charge < -0.3 is 19.5 Å². The Morgan fingerprint density at radius 2 is 1.74 bits per heavy atom. The van der Waals surface area contributed by atoms with Gasteiger partial charge in [-0.2, -0.15) is 5.10 Å². The van der Waals surface area contributed by atoms with Crippen LogP contribution in [0.25, 0.3) is 16.9 Å². The van der Waals surface area contributed by atoms with E-state index < -0.39 is 0 Å². The highest BCUT2D eigenvalue weighted by Gasteiger charge is 2.17. The van der Waals surface area contributed by atoms with Crippen LogP contribution in [0, 0.1) is 13.8 Å². The van der Waals surface area contributed by atoms with E-state index in [-0.39, 0.29) is 5.91 Å². The highest BCUT2D eigenvalue weighted by molar-refractivity contribution is 5.91. The van der Waals surface area contributed by atoms with Crippen LogP contribution in [0.1, 0.15) is 23.4 Å². The molecule has 0 atom stereocenters. The lowest BCUT2D eigenvalue weighted by Gasteiger charge is -2.11. The molecular formula is C26H28N4O4. The SMILES string of the molecule is COc1cccc(NC(=O)CCc2c(C)nc3cc(-c4ccc(OC)cc4OC)nn3c2C)c1. The minimum atomic E-state index is -0.0729. The molecule has 0 aliphatic carbocycles. The number of aromatic nitrogens is 3. The molecule has 0 saturated heterocycles. The Balaban J connectivity index is 1.57. The number of aryl methyl sites for hydroxylation is 2. The third-order valence-corrected chi connectivity index (χ3v) is 5.80. The van der Waals surface area contributed by atoms with Gasteiger partial charge >= 0.3 is 0 Å². The molecule has 0 aliphatic rings. The standard InChI is InChI=1S/C26H28N4O4/c1-16-21(11-12-26(31)28-18-7-6-8-19(13-18)32-3)17(2)30-25(27-16)15-23(29-30)22-10-9-20(33-4)14-24(22)34-5/h6-10,13-15H,11-12H2,1-5H3,(H,28,31). The summed E-state index contributed by atoms with van der Waals surface area (Å²) in [6.07, 6.45) is 0.879. The van der Waals surface area contributed by atoms with Crippen molar-refractivity contribution in [2.75, 3.05) is 26.6 Å². The topological polar surface area (TPSA) is 87.0 Å². The van der Waals surface area contributed by atoms with Crippen LogP contribution in [0.15, 0.2) is 48.5 Å². The number of nitrogens with one attached hydrogen (secondary N) is 1. The molecule has 0 aliphatic heterocycles.